The van der Waals surface area contributed by atoms with E-state index in [2.05, 4.69) is 0 Å². The maximum Gasteiger partial charge on any atom is 0.178 e. The second kappa shape index (κ2) is 2.27. The molecule has 0 saturated heterocycles. The number of carbonyl (C=O) groups excluding carboxylic acids is 1. The molecule has 0 unspecified atom stereocenters. The average molecular weight is 119 g/mol. The molecule has 0 aromatic rings. The third-order valence-electron chi connectivity index (χ3n) is 1.08. The van der Waals surface area contributed by atoms with E-state index in [0.717, 1.165) is 0 Å². The monoisotopic (exact) mass is 119 g/mol. The summed E-state index contributed by atoms with van der Waals surface area (Å²) in [5.41, 5.74) is 0. The fourth-order valence-electron chi connectivity index (χ4n) is 0.603. The lowest BCUT2D eigenvalue weighted by Crippen LogP contribution is -1.97. The summed E-state index contributed by atoms with van der Waals surface area (Å²) in [4.78, 5) is 10.4. The van der Waals surface area contributed by atoms with Gasteiger partial charge in [0, 0.05) is 0 Å². The van der Waals surface area contributed by atoms with Gasteiger partial charge in [-0.05, 0) is 12.2 Å². The molecule has 9 heavy (non-hydrogen) atoms. The molecule has 1 aliphatic carbocycles. The van der Waals surface area contributed by atoms with Gasteiger partial charge in [-0.1, -0.05) is 12.2 Å². The maximum atomic E-state index is 10.4. The van der Waals surface area contributed by atoms with Crippen molar-refractivity contribution in [1.82, 2.24) is 0 Å². The third-order valence-corrected chi connectivity index (χ3v) is 1.08. The van der Waals surface area contributed by atoms with Gasteiger partial charge in [0.2, 0.25) is 0 Å². The topological polar surface area (TPSA) is 40.9 Å². The lowest BCUT2D eigenvalue weighted by molar-refractivity contribution is -0.110. The van der Waals surface area contributed by atoms with Crippen molar-refractivity contribution in [3.05, 3.63) is 24.3 Å². The molecule has 0 atom stereocenters. The van der Waals surface area contributed by atoms with Crippen molar-refractivity contribution < 1.29 is 4.79 Å². The van der Waals surface area contributed by atoms with Gasteiger partial charge in [0.05, 0.1) is 12.0 Å². The van der Waals surface area contributed by atoms with Crippen molar-refractivity contribution in [1.29, 1.82) is 5.26 Å². The standard InChI is InChI=1S/C7H5NO/c8-5-6-1-3-7(9)4-2-6/h1-4,6H. The van der Waals surface area contributed by atoms with Gasteiger partial charge in [0.15, 0.2) is 5.78 Å². The first-order chi connectivity index (χ1) is 4.33. The van der Waals surface area contributed by atoms with Crippen molar-refractivity contribution in [3.8, 4) is 6.07 Å². The summed E-state index contributed by atoms with van der Waals surface area (Å²) in [6.07, 6.45) is 5.99. The first-order valence-corrected chi connectivity index (χ1v) is 2.63. The minimum Gasteiger partial charge on any atom is -0.290 e. The van der Waals surface area contributed by atoms with E-state index in [4.69, 9.17) is 5.26 Å². The number of hydrogen-bond donors (Lipinski definition) is 0. The van der Waals surface area contributed by atoms with Gasteiger partial charge >= 0.3 is 0 Å². The summed E-state index contributed by atoms with van der Waals surface area (Å²) in [6, 6.07) is 2.00. The number of nitriles is 1. The molecule has 0 aliphatic heterocycles. The molecule has 0 heterocycles. The summed E-state index contributed by atoms with van der Waals surface area (Å²) < 4.78 is 0. The van der Waals surface area contributed by atoms with Crippen LogP contribution < -0.4 is 0 Å². The predicted molar refractivity (Wildman–Crippen MR) is 32.4 cm³/mol. The van der Waals surface area contributed by atoms with E-state index >= 15 is 0 Å². The minimum atomic E-state index is -0.206. The Kier molecular flexibility index (Phi) is 1.46. The molecule has 0 bridgehead atoms. The zero-order chi connectivity index (χ0) is 6.69. The molecular formula is C7H5NO. The SMILES string of the molecule is N#CC1C=CC(=O)C=C1. The zero-order valence-corrected chi connectivity index (χ0v) is 4.74. The van der Waals surface area contributed by atoms with Crippen molar-refractivity contribution in [2.45, 2.75) is 0 Å². The van der Waals surface area contributed by atoms with Gasteiger partial charge in [-0.25, -0.2) is 0 Å². The molecule has 0 spiro atoms. The highest BCUT2D eigenvalue weighted by atomic mass is 16.1. The molecule has 2 nitrogen and oxygen atoms in total. The van der Waals surface area contributed by atoms with E-state index in [9.17, 15) is 4.79 Å². The van der Waals surface area contributed by atoms with Crippen LogP contribution in [0.3, 0.4) is 0 Å². The maximum absolute atomic E-state index is 10.4. The van der Waals surface area contributed by atoms with Gasteiger partial charge in [-0.15, -0.1) is 0 Å². The van der Waals surface area contributed by atoms with Crippen LogP contribution in [-0.2, 0) is 4.79 Å². The minimum absolute atomic E-state index is 0.0403. The fraction of sp³-hybridized carbons (Fsp3) is 0.143. The molecule has 1 rings (SSSR count). The highest BCUT2D eigenvalue weighted by Gasteiger charge is 2.02. The zero-order valence-electron chi connectivity index (χ0n) is 4.74. The van der Waals surface area contributed by atoms with E-state index in [1.165, 1.54) is 12.2 Å². The van der Waals surface area contributed by atoms with E-state index in [-0.39, 0.29) is 11.7 Å². The molecule has 2 heteroatoms. The normalized spacial score (nSPS) is 17.9. The largest absolute Gasteiger partial charge is 0.290 e. The van der Waals surface area contributed by atoms with Crippen LogP contribution >= 0.6 is 0 Å². The summed E-state index contributed by atoms with van der Waals surface area (Å²) in [6.45, 7) is 0. The molecule has 0 radical (unpaired) electrons. The lowest BCUT2D eigenvalue weighted by atomic mass is 10.1. The van der Waals surface area contributed by atoms with Crippen molar-refractivity contribution in [2.75, 3.05) is 0 Å². The highest BCUT2D eigenvalue weighted by molar-refractivity contribution is 6.00. The van der Waals surface area contributed by atoms with Crippen molar-refractivity contribution in [3.63, 3.8) is 0 Å². The second-order valence-corrected chi connectivity index (χ2v) is 1.78. The summed E-state index contributed by atoms with van der Waals surface area (Å²) >= 11 is 0. The molecule has 0 aromatic heterocycles. The first kappa shape index (κ1) is 5.77. The summed E-state index contributed by atoms with van der Waals surface area (Å²) in [7, 11) is 0. The van der Waals surface area contributed by atoms with E-state index < -0.39 is 0 Å². The molecule has 0 N–H and O–H groups in total. The van der Waals surface area contributed by atoms with Gasteiger partial charge < -0.3 is 0 Å². The van der Waals surface area contributed by atoms with Crippen LogP contribution in [0.25, 0.3) is 0 Å². The van der Waals surface area contributed by atoms with Crippen LogP contribution in [0.2, 0.25) is 0 Å². The number of rotatable bonds is 0. The number of allylic oxidation sites excluding steroid dienone is 4. The smallest absolute Gasteiger partial charge is 0.178 e. The third kappa shape index (κ3) is 1.26. The van der Waals surface area contributed by atoms with E-state index in [1.807, 2.05) is 6.07 Å². The number of carbonyl (C=O) groups is 1. The Bertz CT molecular complexity index is 204. The predicted octanol–water partition coefficient (Wildman–Crippen LogP) is 0.821. The Labute approximate surface area is 53.1 Å². The van der Waals surface area contributed by atoms with E-state index in [1.54, 1.807) is 12.2 Å². The van der Waals surface area contributed by atoms with Crippen LogP contribution in [0.15, 0.2) is 24.3 Å². The Balaban J connectivity index is 2.72. The van der Waals surface area contributed by atoms with Crippen LogP contribution in [0.4, 0.5) is 0 Å². The van der Waals surface area contributed by atoms with Gasteiger partial charge in [-0.2, -0.15) is 5.26 Å². The highest BCUT2D eigenvalue weighted by Crippen LogP contribution is 2.04. The molecule has 0 fully saturated rings. The molecule has 1 aliphatic rings. The van der Waals surface area contributed by atoms with Gasteiger partial charge in [-0.3, -0.25) is 4.79 Å². The Hall–Kier alpha value is -1.36. The molecule has 0 aromatic carbocycles. The van der Waals surface area contributed by atoms with E-state index in [0.29, 0.717) is 0 Å². The molecule has 0 amide bonds. The van der Waals surface area contributed by atoms with Gasteiger partial charge in [0.1, 0.15) is 0 Å². The quantitative estimate of drug-likeness (QED) is 0.473. The summed E-state index contributed by atoms with van der Waals surface area (Å²) in [5, 5.41) is 8.31. The fourth-order valence-corrected chi connectivity index (χ4v) is 0.603. The van der Waals surface area contributed by atoms with Crippen LogP contribution in [0, 0.1) is 17.2 Å². The summed E-state index contributed by atoms with van der Waals surface area (Å²) in [5.74, 6) is -0.246. The van der Waals surface area contributed by atoms with Crippen molar-refractivity contribution in [2.24, 2.45) is 5.92 Å². The first-order valence-electron chi connectivity index (χ1n) is 2.63. The Morgan fingerprint density at radius 2 is 2.00 bits per heavy atom. The van der Waals surface area contributed by atoms with Gasteiger partial charge in [0.25, 0.3) is 0 Å². The molecule has 0 saturated carbocycles. The molecular weight excluding hydrogens is 114 g/mol. The number of ketones is 1. The Morgan fingerprint density at radius 1 is 1.44 bits per heavy atom. The average Bonchev–Trinajstić information content (AvgIpc) is 1.90. The van der Waals surface area contributed by atoms with Crippen LogP contribution in [0.5, 0.6) is 0 Å². The second-order valence-electron chi connectivity index (χ2n) is 1.78. The number of nitrogens with zero attached hydrogens (tertiary/aromatic N) is 1. The Morgan fingerprint density at radius 3 is 2.44 bits per heavy atom. The lowest BCUT2D eigenvalue weighted by Gasteiger charge is -1.96. The van der Waals surface area contributed by atoms with Crippen LogP contribution in [0.1, 0.15) is 0 Å². The van der Waals surface area contributed by atoms with Crippen LogP contribution in [-0.4, -0.2) is 5.78 Å². The number of hydrogen-bond acceptors (Lipinski definition) is 2. The van der Waals surface area contributed by atoms with Crippen molar-refractivity contribution >= 4 is 5.78 Å². The molecule has 44 valence electrons.